The molecule has 0 saturated heterocycles. The first-order valence-corrected chi connectivity index (χ1v) is 10.5. The molecule has 2 atom stereocenters. The van der Waals surface area contributed by atoms with E-state index in [1.54, 1.807) is 24.3 Å². The van der Waals surface area contributed by atoms with Crippen molar-refractivity contribution >= 4 is 23.5 Å². The molecule has 4 fully saturated rings. The Kier molecular flexibility index (Phi) is 4.71. The third-order valence-corrected chi connectivity index (χ3v) is 7.14. The van der Waals surface area contributed by atoms with Gasteiger partial charge >= 0.3 is 5.97 Å². The molecular weight excluding hydrogens is 368 g/mol. The molecule has 5 rings (SSSR count). The molecule has 1 aromatic carbocycles. The van der Waals surface area contributed by atoms with E-state index in [4.69, 9.17) is 5.11 Å². The quantitative estimate of drug-likeness (QED) is 0.679. The van der Waals surface area contributed by atoms with Crippen LogP contribution < -0.4 is 10.6 Å². The van der Waals surface area contributed by atoms with E-state index >= 15 is 0 Å². The second-order valence-electron chi connectivity index (χ2n) is 10.3. The number of anilines is 1. The molecule has 0 heterocycles. The van der Waals surface area contributed by atoms with Gasteiger partial charge in [0.2, 0.25) is 5.91 Å². The summed E-state index contributed by atoms with van der Waals surface area (Å²) >= 11 is 0. The summed E-state index contributed by atoms with van der Waals surface area (Å²) < 4.78 is 0. The van der Waals surface area contributed by atoms with Gasteiger partial charge in [-0.15, -0.1) is 0 Å². The number of carbonyl (C=O) groups is 3. The van der Waals surface area contributed by atoms with Gasteiger partial charge in [-0.25, -0.2) is 0 Å². The van der Waals surface area contributed by atoms with Crippen molar-refractivity contribution in [2.45, 2.75) is 58.8 Å². The molecule has 0 aliphatic heterocycles. The molecule has 6 nitrogen and oxygen atoms in total. The fourth-order valence-electron chi connectivity index (χ4n) is 7.05. The predicted octanol–water partition coefficient (Wildman–Crippen LogP) is 3.83. The number of hydrogen-bond acceptors (Lipinski definition) is 3. The van der Waals surface area contributed by atoms with Crippen molar-refractivity contribution < 1.29 is 19.5 Å². The molecule has 29 heavy (non-hydrogen) atoms. The lowest BCUT2D eigenvalue weighted by molar-refractivity contribution is -0.165. The van der Waals surface area contributed by atoms with Crippen molar-refractivity contribution in [3.05, 3.63) is 29.8 Å². The van der Waals surface area contributed by atoms with Crippen LogP contribution in [0.25, 0.3) is 0 Å². The largest absolute Gasteiger partial charge is 0.481 e. The van der Waals surface area contributed by atoms with Crippen LogP contribution in [0.2, 0.25) is 0 Å². The Morgan fingerprint density at radius 1 is 1.00 bits per heavy atom. The molecule has 3 N–H and O–H groups in total. The molecule has 0 spiro atoms. The Morgan fingerprint density at radius 2 is 1.62 bits per heavy atom. The number of amides is 2. The highest BCUT2D eigenvalue weighted by atomic mass is 16.4. The highest BCUT2D eigenvalue weighted by molar-refractivity contribution is 5.97. The number of carbonyl (C=O) groups excluding carboxylic acids is 2. The Balaban J connectivity index is 1.41. The maximum atomic E-state index is 13.3. The lowest BCUT2D eigenvalue weighted by Crippen LogP contribution is -2.58. The summed E-state index contributed by atoms with van der Waals surface area (Å²) in [5.74, 6) is -0.483. The van der Waals surface area contributed by atoms with Crippen molar-refractivity contribution in [2.75, 3.05) is 11.9 Å². The van der Waals surface area contributed by atoms with Gasteiger partial charge in [0.25, 0.3) is 5.91 Å². The normalized spacial score (nSPS) is 34.6. The minimum Gasteiger partial charge on any atom is -0.481 e. The first-order chi connectivity index (χ1) is 13.6. The summed E-state index contributed by atoms with van der Waals surface area (Å²) in [6.45, 7) is 4.80. The van der Waals surface area contributed by atoms with Gasteiger partial charge in [0, 0.05) is 17.8 Å². The van der Waals surface area contributed by atoms with E-state index in [1.807, 2.05) is 0 Å². The van der Waals surface area contributed by atoms with Crippen LogP contribution in [0.15, 0.2) is 24.3 Å². The third kappa shape index (κ3) is 3.89. The van der Waals surface area contributed by atoms with Gasteiger partial charge in [0.15, 0.2) is 0 Å². The van der Waals surface area contributed by atoms with Gasteiger partial charge in [0.1, 0.15) is 0 Å². The molecular formula is C23H30N2O4. The fraction of sp³-hybridized carbons (Fsp3) is 0.609. The monoisotopic (exact) mass is 398 g/mol. The van der Waals surface area contributed by atoms with E-state index < -0.39 is 5.97 Å². The Bertz CT molecular complexity index is 829. The minimum absolute atomic E-state index is 0.0911. The first kappa shape index (κ1) is 19.9. The second-order valence-corrected chi connectivity index (χ2v) is 10.3. The summed E-state index contributed by atoms with van der Waals surface area (Å²) in [5, 5.41) is 14.3. The van der Waals surface area contributed by atoms with Gasteiger partial charge in [-0.2, -0.15) is 0 Å². The minimum atomic E-state index is -0.948. The van der Waals surface area contributed by atoms with Crippen molar-refractivity contribution in [3.63, 3.8) is 0 Å². The third-order valence-electron chi connectivity index (χ3n) is 7.14. The molecule has 4 bridgehead atoms. The molecule has 4 saturated carbocycles. The molecule has 4 aliphatic rings. The van der Waals surface area contributed by atoms with Gasteiger partial charge in [0.05, 0.1) is 11.8 Å². The van der Waals surface area contributed by atoms with E-state index in [9.17, 15) is 14.4 Å². The average Bonchev–Trinajstić information content (AvgIpc) is 2.58. The van der Waals surface area contributed by atoms with Crippen molar-refractivity contribution in [3.8, 4) is 0 Å². The lowest BCUT2D eigenvalue weighted by atomic mass is 9.40. The average molecular weight is 399 g/mol. The molecule has 2 amide bonds. The highest BCUT2D eigenvalue weighted by Gasteiger charge is 2.62. The van der Waals surface area contributed by atoms with Crippen LogP contribution in [-0.4, -0.2) is 29.4 Å². The topological polar surface area (TPSA) is 95.5 Å². The summed E-state index contributed by atoms with van der Waals surface area (Å²) in [6, 6.07) is 6.81. The van der Waals surface area contributed by atoms with Crippen LogP contribution in [0.1, 0.15) is 69.2 Å². The smallest absolute Gasteiger partial charge is 0.305 e. The highest BCUT2D eigenvalue weighted by Crippen LogP contribution is 2.69. The van der Waals surface area contributed by atoms with Crippen LogP contribution in [0.3, 0.4) is 0 Å². The number of carboxylic acid groups (broad SMARTS) is 1. The Morgan fingerprint density at radius 3 is 2.17 bits per heavy atom. The van der Waals surface area contributed by atoms with E-state index in [2.05, 4.69) is 24.5 Å². The van der Waals surface area contributed by atoms with Crippen LogP contribution in [0.4, 0.5) is 5.69 Å². The van der Waals surface area contributed by atoms with Gasteiger partial charge in [-0.05, 0) is 79.5 Å². The van der Waals surface area contributed by atoms with E-state index in [-0.39, 0.29) is 41.0 Å². The number of nitrogens with one attached hydrogen (secondary N) is 2. The van der Waals surface area contributed by atoms with Gasteiger partial charge < -0.3 is 15.7 Å². The first-order valence-electron chi connectivity index (χ1n) is 10.5. The summed E-state index contributed by atoms with van der Waals surface area (Å²) in [4.78, 5) is 35.9. The molecule has 0 aromatic heterocycles. The zero-order chi connectivity index (χ0) is 20.9. The molecule has 4 aliphatic carbocycles. The Hall–Kier alpha value is -2.37. The number of aliphatic carboxylic acids is 1. The van der Waals surface area contributed by atoms with Crippen LogP contribution in [0, 0.1) is 22.2 Å². The van der Waals surface area contributed by atoms with Gasteiger partial charge in [-0.3, -0.25) is 14.4 Å². The van der Waals surface area contributed by atoms with Crippen LogP contribution in [-0.2, 0) is 9.59 Å². The van der Waals surface area contributed by atoms with Crippen molar-refractivity contribution in [1.82, 2.24) is 5.32 Å². The standard InChI is InChI=1S/C23H30N2O4/c1-21-9-15-10-22(2,12-21)14-23(11-15,13-21)20(29)25-17-5-3-16(4-6-17)19(28)24-8-7-18(26)27/h3-6,15H,7-14H2,1-2H3,(H,24,28)(H,25,29)(H,26,27). The maximum absolute atomic E-state index is 13.3. The maximum Gasteiger partial charge on any atom is 0.305 e. The fourth-order valence-corrected chi connectivity index (χ4v) is 7.05. The molecule has 2 unspecified atom stereocenters. The zero-order valence-corrected chi connectivity index (χ0v) is 17.2. The van der Waals surface area contributed by atoms with Gasteiger partial charge in [-0.1, -0.05) is 13.8 Å². The van der Waals surface area contributed by atoms with E-state index in [0.29, 0.717) is 17.2 Å². The molecule has 0 radical (unpaired) electrons. The van der Waals surface area contributed by atoms with E-state index in [1.165, 1.54) is 19.3 Å². The van der Waals surface area contributed by atoms with Crippen molar-refractivity contribution in [2.24, 2.45) is 22.2 Å². The second kappa shape index (κ2) is 6.85. The molecule has 6 heteroatoms. The predicted molar refractivity (Wildman–Crippen MR) is 109 cm³/mol. The van der Waals surface area contributed by atoms with Crippen molar-refractivity contribution in [1.29, 1.82) is 0 Å². The van der Waals surface area contributed by atoms with E-state index in [0.717, 1.165) is 19.3 Å². The molecule has 156 valence electrons. The number of hydrogen-bond donors (Lipinski definition) is 3. The number of carboxylic acids is 1. The summed E-state index contributed by atoms with van der Waals surface area (Å²) in [6.07, 6.45) is 6.57. The zero-order valence-electron chi connectivity index (χ0n) is 17.2. The number of rotatable bonds is 6. The lowest BCUT2D eigenvalue weighted by Gasteiger charge is -2.64. The van der Waals surface area contributed by atoms with Crippen LogP contribution >= 0.6 is 0 Å². The number of benzene rings is 1. The Labute approximate surface area is 171 Å². The SMILES string of the molecule is CC12CC3CC(C)(C1)CC(C(=O)Nc1ccc(C(=O)NCCC(=O)O)cc1)(C3)C2. The summed E-state index contributed by atoms with van der Waals surface area (Å²) in [7, 11) is 0. The van der Waals surface area contributed by atoms with Crippen LogP contribution in [0.5, 0.6) is 0 Å². The molecule has 1 aromatic rings. The summed E-state index contributed by atoms with van der Waals surface area (Å²) in [5.41, 5.74) is 1.44.